The molecule has 2 heterocycles. The van der Waals surface area contributed by atoms with Gasteiger partial charge in [0.05, 0.1) is 24.1 Å². The highest BCUT2D eigenvalue weighted by atomic mass is 32.2. The van der Waals surface area contributed by atoms with E-state index in [1.54, 1.807) is 11.8 Å². The van der Waals surface area contributed by atoms with Crippen LogP contribution >= 0.6 is 11.8 Å². The highest BCUT2D eigenvalue weighted by Crippen LogP contribution is 2.31. The fraction of sp³-hybridized carbons (Fsp3) is 0.240. The monoisotopic (exact) mass is 487 g/mol. The molecule has 178 valence electrons. The number of benzene rings is 2. The lowest BCUT2D eigenvalue weighted by Gasteiger charge is -2.14. The number of aryl methyl sites for hydroxylation is 2. The molecule has 4 aromatic rings. The van der Waals surface area contributed by atoms with E-state index in [1.807, 2.05) is 74.7 Å². The summed E-state index contributed by atoms with van der Waals surface area (Å²) in [6.45, 7) is 7.78. The van der Waals surface area contributed by atoms with E-state index < -0.39 is 0 Å². The number of tetrazole rings is 1. The summed E-state index contributed by atoms with van der Waals surface area (Å²) in [5, 5.41) is 25.2. The molecule has 0 bridgehead atoms. The van der Waals surface area contributed by atoms with Crippen molar-refractivity contribution in [2.45, 2.75) is 32.9 Å². The second-order valence-electron chi connectivity index (χ2n) is 8.08. The molecule has 0 saturated carbocycles. The van der Waals surface area contributed by atoms with Gasteiger partial charge in [0.1, 0.15) is 17.6 Å². The predicted octanol–water partition coefficient (Wildman–Crippen LogP) is 4.30. The second-order valence-corrected chi connectivity index (χ2v) is 9.02. The number of thioether (sulfide) groups is 1. The van der Waals surface area contributed by atoms with E-state index in [2.05, 4.69) is 26.9 Å². The third-order valence-corrected chi connectivity index (χ3v) is 6.70. The quantitative estimate of drug-likeness (QED) is 0.387. The maximum absolute atomic E-state index is 13.0. The number of carbonyl (C=O) groups excluding carboxylic acids is 1. The fourth-order valence-corrected chi connectivity index (χ4v) is 4.46. The number of methoxy groups -OCH3 is 1. The van der Waals surface area contributed by atoms with Gasteiger partial charge in [0.15, 0.2) is 0 Å². The molecule has 0 aliphatic heterocycles. The van der Waals surface area contributed by atoms with Crippen LogP contribution in [0.5, 0.6) is 5.75 Å². The first kappa shape index (κ1) is 24.0. The van der Waals surface area contributed by atoms with Crippen LogP contribution in [0.4, 0.5) is 5.82 Å². The van der Waals surface area contributed by atoms with Gasteiger partial charge >= 0.3 is 0 Å². The second kappa shape index (κ2) is 10.0. The van der Waals surface area contributed by atoms with E-state index in [0.29, 0.717) is 16.5 Å². The van der Waals surface area contributed by atoms with Gasteiger partial charge in [-0.2, -0.15) is 9.94 Å². The number of nitrogens with one attached hydrogen (secondary N) is 1. The average Bonchev–Trinajstić information content (AvgIpc) is 3.41. The highest BCUT2D eigenvalue weighted by molar-refractivity contribution is 7.99. The number of ether oxygens (including phenoxy) is 1. The molecule has 0 atom stereocenters. The molecule has 2 aromatic carbocycles. The van der Waals surface area contributed by atoms with Crippen molar-refractivity contribution in [3.63, 3.8) is 0 Å². The van der Waals surface area contributed by atoms with Crippen LogP contribution in [0.15, 0.2) is 47.6 Å². The van der Waals surface area contributed by atoms with Gasteiger partial charge in [0.25, 0.3) is 0 Å². The summed E-state index contributed by atoms with van der Waals surface area (Å²) in [6.07, 6.45) is 0. The van der Waals surface area contributed by atoms with Crippen molar-refractivity contribution in [2.24, 2.45) is 0 Å². The van der Waals surface area contributed by atoms with Gasteiger partial charge in [-0.25, -0.2) is 0 Å². The summed E-state index contributed by atoms with van der Waals surface area (Å²) in [5.41, 5.74) is 5.90. The van der Waals surface area contributed by atoms with Gasteiger partial charge in [0.2, 0.25) is 11.1 Å². The van der Waals surface area contributed by atoms with Gasteiger partial charge in [-0.1, -0.05) is 23.9 Å². The zero-order valence-corrected chi connectivity index (χ0v) is 21.0. The van der Waals surface area contributed by atoms with Crippen molar-refractivity contribution in [2.75, 3.05) is 18.2 Å². The number of carbonyl (C=O) groups is 1. The largest absolute Gasteiger partial charge is 0.497 e. The average molecular weight is 488 g/mol. The molecule has 1 amide bonds. The van der Waals surface area contributed by atoms with Crippen LogP contribution in [0.2, 0.25) is 0 Å². The number of nitrogens with zero attached hydrogens (tertiary/aromatic N) is 6. The summed E-state index contributed by atoms with van der Waals surface area (Å²) in [5.74, 6) is 0.961. The van der Waals surface area contributed by atoms with Gasteiger partial charge in [-0.15, -0.1) is 5.10 Å². The van der Waals surface area contributed by atoms with E-state index in [-0.39, 0.29) is 11.7 Å². The molecule has 0 spiro atoms. The molecule has 0 fully saturated rings. The zero-order valence-electron chi connectivity index (χ0n) is 20.2. The summed E-state index contributed by atoms with van der Waals surface area (Å²) < 4.78 is 8.76. The van der Waals surface area contributed by atoms with E-state index >= 15 is 0 Å². The van der Waals surface area contributed by atoms with Crippen molar-refractivity contribution < 1.29 is 9.53 Å². The summed E-state index contributed by atoms with van der Waals surface area (Å²) in [6, 6.07) is 15.7. The van der Waals surface area contributed by atoms with Crippen LogP contribution < -0.4 is 10.1 Å². The first-order chi connectivity index (χ1) is 16.8. The van der Waals surface area contributed by atoms with Crippen LogP contribution in [0.3, 0.4) is 0 Å². The Morgan fingerprint density at radius 1 is 1.14 bits per heavy atom. The lowest BCUT2D eigenvalue weighted by atomic mass is 10.1. The van der Waals surface area contributed by atoms with Gasteiger partial charge < -0.3 is 10.1 Å². The summed E-state index contributed by atoms with van der Waals surface area (Å²) >= 11 is 1.23. The van der Waals surface area contributed by atoms with Crippen molar-refractivity contribution in [1.82, 2.24) is 24.8 Å². The number of hydrogen-bond acceptors (Lipinski definition) is 7. The molecule has 0 aliphatic carbocycles. The number of aromatic nitrogens is 5. The number of rotatable bonds is 7. The predicted molar refractivity (Wildman–Crippen MR) is 134 cm³/mol. The lowest BCUT2D eigenvalue weighted by Crippen LogP contribution is -2.18. The van der Waals surface area contributed by atoms with E-state index in [0.717, 1.165) is 39.5 Å². The SMILES string of the molecule is COc1ccc(-n2c(C)c(C)c(C#N)c2NC(=O)CSc2nnnn2-c2cc(C)ccc2C)cc1. The lowest BCUT2D eigenvalue weighted by molar-refractivity contribution is -0.113. The van der Waals surface area contributed by atoms with Crippen molar-refractivity contribution in [3.8, 4) is 23.2 Å². The van der Waals surface area contributed by atoms with Crippen molar-refractivity contribution in [3.05, 3.63) is 70.4 Å². The third-order valence-electron chi connectivity index (χ3n) is 5.78. The Morgan fingerprint density at radius 2 is 1.89 bits per heavy atom. The Bertz CT molecular complexity index is 1430. The molecule has 4 rings (SSSR count). The minimum absolute atomic E-state index is 0.0714. The van der Waals surface area contributed by atoms with Crippen molar-refractivity contribution in [1.29, 1.82) is 5.26 Å². The number of hydrogen-bond donors (Lipinski definition) is 1. The van der Waals surface area contributed by atoms with E-state index in [4.69, 9.17) is 4.74 Å². The van der Waals surface area contributed by atoms with Gasteiger partial charge in [0, 0.05) is 11.4 Å². The smallest absolute Gasteiger partial charge is 0.236 e. The van der Waals surface area contributed by atoms with E-state index in [1.165, 1.54) is 11.8 Å². The Morgan fingerprint density at radius 3 is 2.57 bits per heavy atom. The normalized spacial score (nSPS) is 10.7. The van der Waals surface area contributed by atoms with Gasteiger partial charge in [-0.05, 0) is 85.1 Å². The summed E-state index contributed by atoms with van der Waals surface area (Å²) in [4.78, 5) is 13.0. The minimum atomic E-state index is -0.269. The van der Waals surface area contributed by atoms with Crippen LogP contribution in [0, 0.1) is 39.0 Å². The van der Waals surface area contributed by atoms with Crippen molar-refractivity contribution >= 4 is 23.5 Å². The number of amides is 1. The third kappa shape index (κ3) is 4.76. The topological polar surface area (TPSA) is 111 Å². The zero-order chi connectivity index (χ0) is 25.1. The Balaban J connectivity index is 1.58. The van der Waals surface area contributed by atoms with Crippen LogP contribution in [-0.4, -0.2) is 43.5 Å². The Kier molecular flexibility index (Phi) is 6.89. The molecule has 2 aromatic heterocycles. The molecule has 9 nitrogen and oxygen atoms in total. The molecule has 0 radical (unpaired) electrons. The minimum Gasteiger partial charge on any atom is -0.497 e. The standard InChI is InChI=1S/C25H25N7O2S/c1-15-6-7-16(2)22(12-15)32-25(28-29-30-32)35-14-23(33)27-24-21(13-26)17(3)18(4)31(24)19-8-10-20(34-5)11-9-19/h6-12H,14H2,1-5H3,(H,27,33). The summed E-state index contributed by atoms with van der Waals surface area (Å²) in [7, 11) is 1.60. The number of nitriles is 1. The molecular formula is C25H25N7O2S. The maximum atomic E-state index is 13.0. The molecule has 0 saturated heterocycles. The molecule has 10 heteroatoms. The van der Waals surface area contributed by atoms with Gasteiger partial charge in [-0.3, -0.25) is 9.36 Å². The maximum Gasteiger partial charge on any atom is 0.236 e. The van der Waals surface area contributed by atoms with Crippen LogP contribution in [0.1, 0.15) is 27.9 Å². The Labute approximate surface area is 207 Å². The number of anilines is 1. The molecular weight excluding hydrogens is 462 g/mol. The van der Waals surface area contributed by atoms with Crippen LogP contribution in [-0.2, 0) is 4.79 Å². The Hall–Kier alpha value is -4.10. The highest BCUT2D eigenvalue weighted by Gasteiger charge is 2.21. The van der Waals surface area contributed by atoms with E-state index in [9.17, 15) is 10.1 Å². The molecule has 35 heavy (non-hydrogen) atoms. The van der Waals surface area contributed by atoms with Crippen LogP contribution in [0.25, 0.3) is 11.4 Å². The fourth-order valence-electron chi connectivity index (χ4n) is 3.78. The molecule has 1 N–H and O–H groups in total. The first-order valence-corrected chi connectivity index (χ1v) is 11.9. The molecule has 0 aliphatic rings. The first-order valence-electron chi connectivity index (χ1n) is 10.9. The molecule has 0 unspecified atom stereocenters.